The summed E-state index contributed by atoms with van der Waals surface area (Å²) in [7, 11) is 1.87. The fourth-order valence-electron chi connectivity index (χ4n) is 1.72. The van der Waals surface area contributed by atoms with Gasteiger partial charge in [0, 0.05) is 18.4 Å². The number of nitrogens with zero attached hydrogens (tertiary/aromatic N) is 1. The first kappa shape index (κ1) is 15.2. The zero-order valence-electron chi connectivity index (χ0n) is 11.7. The minimum absolute atomic E-state index is 0.186. The molecule has 0 heterocycles. The average molecular weight is 312 g/mol. The van der Waals surface area contributed by atoms with Crippen LogP contribution in [-0.4, -0.2) is 29.2 Å². The smallest absolute Gasteiger partial charge is 0.226 e. The first-order valence-corrected chi connectivity index (χ1v) is 7.26. The van der Waals surface area contributed by atoms with Gasteiger partial charge in [0.15, 0.2) is 0 Å². The van der Waals surface area contributed by atoms with Gasteiger partial charge in [-0.3, -0.25) is 4.79 Å². The Morgan fingerprint density at radius 1 is 1.33 bits per heavy atom. The SMILES string of the molecule is Cc1ccc(CC(=O)N(C)CCC(C)Br)cc1C. The number of halogens is 1. The van der Waals surface area contributed by atoms with E-state index in [9.17, 15) is 4.79 Å². The van der Waals surface area contributed by atoms with Gasteiger partial charge in [0.2, 0.25) is 5.91 Å². The lowest BCUT2D eigenvalue weighted by molar-refractivity contribution is -0.129. The van der Waals surface area contributed by atoms with E-state index >= 15 is 0 Å². The maximum absolute atomic E-state index is 12.0. The Morgan fingerprint density at radius 3 is 2.56 bits per heavy atom. The third kappa shape index (κ3) is 4.81. The van der Waals surface area contributed by atoms with Gasteiger partial charge in [-0.05, 0) is 37.0 Å². The van der Waals surface area contributed by atoms with E-state index in [2.05, 4.69) is 48.8 Å². The molecule has 1 aromatic carbocycles. The highest BCUT2D eigenvalue weighted by molar-refractivity contribution is 9.09. The van der Waals surface area contributed by atoms with Gasteiger partial charge in [-0.2, -0.15) is 0 Å². The van der Waals surface area contributed by atoms with E-state index in [4.69, 9.17) is 0 Å². The van der Waals surface area contributed by atoms with E-state index in [1.165, 1.54) is 11.1 Å². The molecule has 1 unspecified atom stereocenters. The highest BCUT2D eigenvalue weighted by atomic mass is 79.9. The minimum atomic E-state index is 0.186. The number of carbonyl (C=O) groups is 1. The molecule has 0 N–H and O–H groups in total. The molecule has 1 rings (SSSR count). The molecule has 1 amide bonds. The van der Waals surface area contributed by atoms with Crippen molar-refractivity contribution >= 4 is 21.8 Å². The molecule has 0 saturated heterocycles. The highest BCUT2D eigenvalue weighted by Gasteiger charge is 2.10. The summed E-state index contributed by atoms with van der Waals surface area (Å²) in [4.78, 5) is 14.3. The van der Waals surface area contributed by atoms with Crippen LogP contribution in [0.3, 0.4) is 0 Å². The number of hydrogen-bond donors (Lipinski definition) is 0. The molecule has 0 aliphatic carbocycles. The maximum Gasteiger partial charge on any atom is 0.226 e. The van der Waals surface area contributed by atoms with E-state index in [0.29, 0.717) is 11.2 Å². The number of aryl methyl sites for hydroxylation is 2. The van der Waals surface area contributed by atoms with Gasteiger partial charge in [-0.15, -0.1) is 0 Å². The molecular weight excluding hydrogens is 290 g/mol. The molecule has 0 radical (unpaired) electrons. The Balaban J connectivity index is 2.55. The molecule has 0 saturated carbocycles. The molecule has 0 fully saturated rings. The Bertz CT molecular complexity index is 415. The van der Waals surface area contributed by atoms with Crippen LogP contribution in [0.25, 0.3) is 0 Å². The van der Waals surface area contributed by atoms with Gasteiger partial charge >= 0.3 is 0 Å². The second kappa shape index (κ2) is 6.93. The number of amides is 1. The van der Waals surface area contributed by atoms with Crippen LogP contribution in [0.15, 0.2) is 18.2 Å². The van der Waals surface area contributed by atoms with Crippen LogP contribution in [0.2, 0.25) is 0 Å². The van der Waals surface area contributed by atoms with Crippen LogP contribution < -0.4 is 0 Å². The van der Waals surface area contributed by atoms with Crippen molar-refractivity contribution in [2.45, 2.75) is 38.4 Å². The topological polar surface area (TPSA) is 20.3 Å². The minimum Gasteiger partial charge on any atom is -0.345 e. The molecule has 1 aromatic rings. The standard InChI is InChI=1S/C15H22BrNO/c1-11-5-6-14(9-12(11)2)10-15(18)17(4)8-7-13(3)16/h5-6,9,13H,7-8,10H2,1-4H3. The lowest BCUT2D eigenvalue weighted by atomic mass is 10.0. The van der Waals surface area contributed by atoms with Crippen molar-refractivity contribution in [1.82, 2.24) is 4.90 Å². The number of likely N-dealkylation sites (N-methyl/N-ethyl adjacent to an activating group) is 1. The zero-order chi connectivity index (χ0) is 13.7. The van der Waals surface area contributed by atoms with E-state index in [0.717, 1.165) is 18.5 Å². The lowest BCUT2D eigenvalue weighted by Gasteiger charge is -2.18. The molecular formula is C15H22BrNO. The fraction of sp³-hybridized carbons (Fsp3) is 0.533. The summed E-state index contributed by atoms with van der Waals surface area (Å²) >= 11 is 3.50. The molecule has 0 aromatic heterocycles. The quantitative estimate of drug-likeness (QED) is 0.762. The van der Waals surface area contributed by atoms with Crippen LogP contribution in [0.4, 0.5) is 0 Å². The van der Waals surface area contributed by atoms with Crippen molar-refractivity contribution in [3.05, 3.63) is 34.9 Å². The molecule has 0 spiro atoms. The van der Waals surface area contributed by atoms with Crippen LogP contribution in [-0.2, 0) is 11.2 Å². The number of alkyl halides is 1. The first-order valence-electron chi connectivity index (χ1n) is 6.34. The second-order valence-corrected chi connectivity index (χ2v) is 6.54. The number of carbonyl (C=O) groups excluding carboxylic acids is 1. The van der Waals surface area contributed by atoms with E-state index in [1.807, 2.05) is 18.0 Å². The summed E-state index contributed by atoms with van der Waals surface area (Å²) in [6.07, 6.45) is 1.48. The summed E-state index contributed by atoms with van der Waals surface area (Å²) in [5.41, 5.74) is 3.62. The number of benzene rings is 1. The largest absolute Gasteiger partial charge is 0.345 e. The predicted octanol–water partition coefficient (Wildman–Crippen LogP) is 3.48. The zero-order valence-corrected chi connectivity index (χ0v) is 13.3. The van der Waals surface area contributed by atoms with Crippen molar-refractivity contribution in [3.8, 4) is 0 Å². The first-order chi connectivity index (χ1) is 8.40. The van der Waals surface area contributed by atoms with Crippen molar-refractivity contribution in [3.63, 3.8) is 0 Å². The molecule has 0 aliphatic rings. The predicted molar refractivity (Wildman–Crippen MR) is 80.3 cm³/mol. The van der Waals surface area contributed by atoms with E-state index in [1.54, 1.807) is 0 Å². The van der Waals surface area contributed by atoms with Crippen LogP contribution in [0.1, 0.15) is 30.0 Å². The van der Waals surface area contributed by atoms with Crippen molar-refractivity contribution < 1.29 is 4.79 Å². The van der Waals surface area contributed by atoms with Gasteiger partial charge < -0.3 is 4.90 Å². The van der Waals surface area contributed by atoms with Gasteiger partial charge in [-0.25, -0.2) is 0 Å². The third-order valence-electron chi connectivity index (χ3n) is 3.21. The summed E-state index contributed by atoms with van der Waals surface area (Å²) < 4.78 is 0. The monoisotopic (exact) mass is 311 g/mol. The normalized spacial score (nSPS) is 12.3. The highest BCUT2D eigenvalue weighted by Crippen LogP contribution is 2.11. The molecule has 2 nitrogen and oxygen atoms in total. The van der Waals surface area contributed by atoms with Crippen LogP contribution in [0, 0.1) is 13.8 Å². The summed E-state index contributed by atoms with van der Waals surface area (Å²) in [6.45, 7) is 7.07. The van der Waals surface area contributed by atoms with Crippen molar-refractivity contribution in [1.29, 1.82) is 0 Å². The summed E-state index contributed by atoms with van der Waals surface area (Å²) in [5.74, 6) is 0.186. The Kier molecular flexibility index (Phi) is 5.86. The fourth-order valence-corrected chi connectivity index (χ4v) is 1.92. The van der Waals surface area contributed by atoms with Crippen LogP contribution >= 0.6 is 15.9 Å². The van der Waals surface area contributed by atoms with Gasteiger partial charge in [0.05, 0.1) is 6.42 Å². The second-order valence-electron chi connectivity index (χ2n) is 4.98. The molecule has 1 atom stereocenters. The lowest BCUT2D eigenvalue weighted by Crippen LogP contribution is -2.30. The van der Waals surface area contributed by atoms with Crippen molar-refractivity contribution in [2.24, 2.45) is 0 Å². The Morgan fingerprint density at radius 2 is 2.00 bits per heavy atom. The van der Waals surface area contributed by atoms with E-state index < -0.39 is 0 Å². The number of hydrogen-bond acceptors (Lipinski definition) is 1. The Labute approximate surface area is 119 Å². The molecule has 0 bridgehead atoms. The maximum atomic E-state index is 12.0. The third-order valence-corrected chi connectivity index (χ3v) is 3.67. The van der Waals surface area contributed by atoms with Crippen LogP contribution in [0.5, 0.6) is 0 Å². The summed E-state index contributed by atoms with van der Waals surface area (Å²) in [5, 5.41) is 0. The van der Waals surface area contributed by atoms with Gasteiger partial charge in [0.25, 0.3) is 0 Å². The molecule has 0 aliphatic heterocycles. The number of rotatable bonds is 5. The van der Waals surface area contributed by atoms with Gasteiger partial charge in [-0.1, -0.05) is 41.1 Å². The summed E-state index contributed by atoms with van der Waals surface area (Å²) in [6, 6.07) is 6.23. The Hall–Kier alpha value is -0.830. The molecule has 100 valence electrons. The van der Waals surface area contributed by atoms with Crippen molar-refractivity contribution in [2.75, 3.05) is 13.6 Å². The average Bonchev–Trinajstić information content (AvgIpc) is 2.30. The molecule has 18 heavy (non-hydrogen) atoms. The van der Waals surface area contributed by atoms with Gasteiger partial charge in [0.1, 0.15) is 0 Å². The van der Waals surface area contributed by atoms with E-state index in [-0.39, 0.29) is 5.91 Å². The molecule has 3 heteroatoms.